The van der Waals surface area contributed by atoms with Crippen LogP contribution in [0.3, 0.4) is 0 Å². The van der Waals surface area contributed by atoms with Crippen molar-refractivity contribution in [1.82, 2.24) is 0 Å². The fourth-order valence-electron chi connectivity index (χ4n) is 0.460. The number of thiocarbonyl (C=S) groups is 1. The zero-order valence-electron chi connectivity index (χ0n) is 5.47. The van der Waals surface area contributed by atoms with Crippen LogP contribution in [0.2, 0.25) is 10.0 Å². The number of halogens is 2. The van der Waals surface area contributed by atoms with Gasteiger partial charge < -0.3 is 0 Å². The van der Waals surface area contributed by atoms with Gasteiger partial charge in [-0.3, -0.25) is 0 Å². The van der Waals surface area contributed by atoms with E-state index in [4.69, 9.17) is 28.6 Å². The van der Waals surface area contributed by atoms with Crippen LogP contribution < -0.4 is 0 Å². The van der Waals surface area contributed by atoms with Gasteiger partial charge in [-0.25, -0.2) is 5.41 Å². The standard InChI is InChI=1S/C6H4Cl2.CHNS/c7-5-2-1-3-6(8)4-5;2-1-3/h1-4H;2H. The van der Waals surface area contributed by atoms with Crippen molar-refractivity contribution in [3.8, 4) is 0 Å². The highest BCUT2D eigenvalue weighted by atomic mass is 35.5. The Labute approximate surface area is 80.5 Å². The molecule has 1 aromatic carbocycles. The van der Waals surface area contributed by atoms with Gasteiger partial charge in [0.05, 0.1) is 5.16 Å². The van der Waals surface area contributed by atoms with Crippen molar-refractivity contribution in [1.29, 1.82) is 5.41 Å². The van der Waals surface area contributed by atoms with Gasteiger partial charge >= 0.3 is 0 Å². The summed E-state index contributed by atoms with van der Waals surface area (Å²) >= 11 is 14.9. The molecule has 11 heavy (non-hydrogen) atoms. The molecule has 0 aromatic heterocycles. The molecule has 0 aliphatic heterocycles. The van der Waals surface area contributed by atoms with E-state index < -0.39 is 0 Å². The summed E-state index contributed by atoms with van der Waals surface area (Å²) in [6, 6.07) is 7.08. The molecule has 1 aromatic rings. The molecular formula is C7H5Cl2NS. The first-order chi connectivity index (χ1) is 5.20. The van der Waals surface area contributed by atoms with Crippen LogP contribution in [0.1, 0.15) is 0 Å². The van der Waals surface area contributed by atoms with Crippen molar-refractivity contribution in [3.05, 3.63) is 34.3 Å². The summed E-state index contributed by atoms with van der Waals surface area (Å²) in [5.74, 6) is 0. The predicted molar refractivity (Wildman–Crippen MR) is 51.8 cm³/mol. The molecule has 1 rings (SSSR count). The van der Waals surface area contributed by atoms with Gasteiger partial charge in [0.1, 0.15) is 0 Å². The summed E-state index contributed by atoms with van der Waals surface area (Å²) < 4.78 is 0. The van der Waals surface area contributed by atoms with Crippen LogP contribution in [0.5, 0.6) is 0 Å². The molecule has 0 atom stereocenters. The van der Waals surface area contributed by atoms with Crippen molar-refractivity contribution in [2.75, 3.05) is 0 Å². The number of isothiocyanates is 1. The van der Waals surface area contributed by atoms with Gasteiger partial charge in [-0.2, -0.15) is 0 Å². The Morgan fingerprint density at radius 2 is 1.64 bits per heavy atom. The zero-order valence-corrected chi connectivity index (χ0v) is 7.80. The number of benzene rings is 1. The van der Waals surface area contributed by atoms with Crippen LogP contribution in [0, 0.1) is 5.41 Å². The van der Waals surface area contributed by atoms with E-state index >= 15 is 0 Å². The first-order valence-electron chi connectivity index (χ1n) is 2.65. The lowest BCUT2D eigenvalue weighted by Gasteiger charge is -1.86. The minimum absolute atomic E-state index is 0.678. The SMILES string of the molecule is Clc1cccc(Cl)c1.N=C=S. The topological polar surface area (TPSA) is 23.9 Å². The molecule has 0 fully saturated rings. The molecule has 0 aliphatic rings. The van der Waals surface area contributed by atoms with E-state index in [9.17, 15) is 0 Å². The fraction of sp³-hybridized carbons (Fsp3) is 0. The lowest BCUT2D eigenvalue weighted by Crippen LogP contribution is -1.61. The Hall–Kier alpha value is -0.400. The van der Waals surface area contributed by atoms with E-state index in [0.717, 1.165) is 0 Å². The van der Waals surface area contributed by atoms with Gasteiger partial charge in [0.2, 0.25) is 0 Å². The molecule has 58 valence electrons. The monoisotopic (exact) mass is 205 g/mol. The number of hydrogen-bond donors (Lipinski definition) is 1. The first-order valence-corrected chi connectivity index (χ1v) is 3.82. The number of nitrogens with one attached hydrogen (secondary N) is 1. The van der Waals surface area contributed by atoms with E-state index in [1.165, 1.54) is 0 Å². The average molecular weight is 206 g/mol. The third-order valence-electron chi connectivity index (χ3n) is 0.787. The van der Waals surface area contributed by atoms with E-state index in [2.05, 4.69) is 12.2 Å². The van der Waals surface area contributed by atoms with Gasteiger partial charge in [-0.05, 0) is 30.4 Å². The van der Waals surface area contributed by atoms with E-state index in [1.54, 1.807) is 23.4 Å². The van der Waals surface area contributed by atoms with Crippen LogP contribution in [0.4, 0.5) is 0 Å². The Kier molecular flexibility index (Phi) is 6.09. The second kappa shape index (κ2) is 6.32. The highest BCUT2D eigenvalue weighted by Gasteiger charge is 1.84. The van der Waals surface area contributed by atoms with Gasteiger partial charge in [0.15, 0.2) is 0 Å². The predicted octanol–water partition coefficient (Wildman–Crippen LogP) is 3.66. The molecule has 1 N–H and O–H groups in total. The second-order valence-corrected chi connectivity index (χ2v) is 2.62. The Morgan fingerprint density at radius 1 is 1.27 bits per heavy atom. The summed E-state index contributed by atoms with van der Waals surface area (Å²) in [7, 11) is 0. The molecule has 4 heteroatoms. The lowest BCUT2D eigenvalue weighted by molar-refractivity contribution is 1.61. The summed E-state index contributed by atoms with van der Waals surface area (Å²) in [6.45, 7) is 0. The molecule has 0 heterocycles. The van der Waals surface area contributed by atoms with Crippen molar-refractivity contribution in [2.45, 2.75) is 0 Å². The van der Waals surface area contributed by atoms with E-state index in [-0.39, 0.29) is 0 Å². The van der Waals surface area contributed by atoms with Crippen LogP contribution >= 0.6 is 35.4 Å². The third kappa shape index (κ3) is 6.02. The van der Waals surface area contributed by atoms with Crippen molar-refractivity contribution < 1.29 is 0 Å². The molecule has 0 spiro atoms. The average Bonchev–Trinajstić information content (AvgIpc) is 1.88. The maximum Gasteiger partial charge on any atom is 0.0554 e. The number of hydrogen-bond acceptors (Lipinski definition) is 2. The summed E-state index contributed by atoms with van der Waals surface area (Å²) in [5, 5.41) is 8.71. The Balaban J connectivity index is 0.000000292. The first kappa shape index (κ1) is 10.6. The second-order valence-electron chi connectivity index (χ2n) is 1.54. The Morgan fingerprint density at radius 3 is 1.82 bits per heavy atom. The number of rotatable bonds is 0. The molecule has 0 saturated heterocycles. The van der Waals surface area contributed by atoms with Crippen molar-refractivity contribution in [3.63, 3.8) is 0 Å². The molecule has 0 amide bonds. The minimum atomic E-state index is 0.678. The fourth-order valence-corrected chi connectivity index (χ4v) is 0.896. The molecule has 0 unspecified atom stereocenters. The van der Waals surface area contributed by atoms with Crippen LogP contribution in [0.25, 0.3) is 0 Å². The largest absolute Gasteiger partial charge is 0.248 e. The zero-order chi connectivity index (χ0) is 8.69. The molecule has 1 nitrogen and oxygen atoms in total. The maximum atomic E-state index is 5.77. The summed E-state index contributed by atoms with van der Waals surface area (Å²) in [4.78, 5) is 0. The van der Waals surface area contributed by atoms with E-state index in [1.807, 2.05) is 6.07 Å². The Bertz CT molecular complexity index is 239. The molecular weight excluding hydrogens is 201 g/mol. The maximum absolute atomic E-state index is 5.77. The molecule has 0 radical (unpaired) electrons. The van der Waals surface area contributed by atoms with Gasteiger partial charge in [0, 0.05) is 10.0 Å². The van der Waals surface area contributed by atoms with Gasteiger partial charge in [0.25, 0.3) is 0 Å². The normalized spacial score (nSPS) is 7.45. The molecule has 0 saturated carbocycles. The highest BCUT2D eigenvalue weighted by molar-refractivity contribution is 7.78. The summed E-state index contributed by atoms with van der Waals surface area (Å²) in [6.07, 6.45) is 0. The lowest BCUT2D eigenvalue weighted by atomic mass is 10.4. The van der Waals surface area contributed by atoms with Gasteiger partial charge in [-0.1, -0.05) is 29.3 Å². The minimum Gasteiger partial charge on any atom is -0.248 e. The quantitative estimate of drug-likeness (QED) is 0.508. The van der Waals surface area contributed by atoms with E-state index in [0.29, 0.717) is 10.0 Å². The van der Waals surface area contributed by atoms with Crippen LogP contribution in [0.15, 0.2) is 24.3 Å². The van der Waals surface area contributed by atoms with Gasteiger partial charge in [-0.15, -0.1) is 0 Å². The summed E-state index contributed by atoms with van der Waals surface area (Å²) in [5.41, 5.74) is 0. The smallest absolute Gasteiger partial charge is 0.0554 e. The highest BCUT2D eigenvalue weighted by Crippen LogP contribution is 2.13. The molecule has 0 bridgehead atoms. The van der Waals surface area contributed by atoms with Crippen LogP contribution in [-0.4, -0.2) is 5.16 Å². The van der Waals surface area contributed by atoms with Crippen LogP contribution in [-0.2, 0) is 0 Å². The van der Waals surface area contributed by atoms with Crippen molar-refractivity contribution in [2.24, 2.45) is 0 Å². The van der Waals surface area contributed by atoms with Crippen molar-refractivity contribution >= 4 is 40.6 Å². The molecule has 0 aliphatic carbocycles. The third-order valence-corrected chi connectivity index (χ3v) is 1.26.